The van der Waals surface area contributed by atoms with Crippen LogP contribution >= 0.6 is 11.6 Å². The van der Waals surface area contributed by atoms with E-state index in [-0.39, 0.29) is 17.0 Å². The summed E-state index contributed by atoms with van der Waals surface area (Å²) in [4.78, 5) is 15.6. The van der Waals surface area contributed by atoms with Gasteiger partial charge in [0.2, 0.25) is 0 Å². The van der Waals surface area contributed by atoms with Gasteiger partial charge in [-0.2, -0.15) is 13.2 Å². The number of hydrogen-bond donors (Lipinski definition) is 0. The van der Waals surface area contributed by atoms with Crippen molar-refractivity contribution in [1.29, 1.82) is 0 Å². The lowest BCUT2D eigenvalue weighted by atomic mass is 10.00. The molecule has 1 aromatic heterocycles. The number of Topliss-reactive ketones (excluding diaryl/α,β-unsaturated/α-hetero) is 1. The second-order valence-electron chi connectivity index (χ2n) is 4.25. The molecule has 0 aliphatic rings. The first kappa shape index (κ1) is 15.4. The average molecular weight is 318 g/mol. The molecule has 0 saturated heterocycles. The van der Waals surface area contributed by atoms with E-state index < -0.39 is 28.9 Å². The Bertz CT molecular complexity index is 685. The third-order valence-electron chi connectivity index (χ3n) is 2.79. The quantitative estimate of drug-likeness (QED) is 0.623. The molecule has 7 heteroatoms. The molecular formula is C14H8ClF4NO. The Morgan fingerprint density at radius 3 is 2.57 bits per heavy atom. The van der Waals surface area contributed by atoms with Gasteiger partial charge in [0, 0.05) is 29.4 Å². The number of aromatic nitrogens is 1. The summed E-state index contributed by atoms with van der Waals surface area (Å²) in [7, 11) is 0. The van der Waals surface area contributed by atoms with Crippen molar-refractivity contribution in [3.63, 3.8) is 0 Å². The lowest BCUT2D eigenvalue weighted by molar-refractivity contribution is -0.138. The summed E-state index contributed by atoms with van der Waals surface area (Å²) < 4.78 is 51.4. The second kappa shape index (κ2) is 5.81. The maximum Gasteiger partial charge on any atom is 0.417 e. The van der Waals surface area contributed by atoms with Crippen LogP contribution < -0.4 is 0 Å². The van der Waals surface area contributed by atoms with Gasteiger partial charge in [-0.3, -0.25) is 9.78 Å². The van der Waals surface area contributed by atoms with Crippen LogP contribution in [0.4, 0.5) is 17.6 Å². The fraction of sp³-hybridized carbons (Fsp3) is 0.143. The van der Waals surface area contributed by atoms with E-state index in [2.05, 4.69) is 4.98 Å². The maximum atomic E-state index is 12.9. The van der Waals surface area contributed by atoms with Gasteiger partial charge in [0.15, 0.2) is 5.78 Å². The maximum absolute atomic E-state index is 12.9. The van der Waals surface area contributed by atoms with Crippen molar-refractivity contribution in [2.24, 2.45) is 0 Å². The van der Waals surface area contributed by atoms with Gasteiger partial charge in [0.05, 0.1) is 5.56 Å². The highest BCUT2D eigenvalue weighted by molar-refractivity contribution is 6.31. The Kier molecular flexibility index (Phi) is 4.27. The van der Waals surface area contributed by atoms with Crippen LogP contribution in [0.15, 0.2) is 36.7 Å². The van der Waals surface area contributed by atoms with E-state index in [9.17, 15) is 22.4 Å². The molecule has 0 unspecified atom stereocenters. The second-order valence-corrected chi connectivity index (χ2v) is 4.66. The highest BCUT2D eigenvalue weighted by Crippen LogP contribution is 2.32. The number of benzene rings is 1. The van der Waals surface area contributed by atoms with Gasteiger partial charge >= 0.3 is 6.18 Å². The number of hydrogen-bond acceptors (Lipinski definition) is 2. The molecule has 0 saturated carbocycles. The van der Waals surface area contributed by atoms with Gasteiger partial charge in [0.1, 0.15) is 5.82 Å². The first-order valence-corrected chi connectivity index (χ1v) is 6.15. The Labute approximate surface area is 122 Å². The average Bonchev–Trinajstić information content (AvgIpc) is 2.41. The summed E-state index contributed by atoms with van der Waals surface area (Å²) in [5.41, 5.74) is -1.34. The largest absolute Gasteiger partial charge is 0.417 e. The fourth-order valence-electron chi connectivity index (χ4n) is 1.80. The molecule has 0 aliphatic heterocycles. The van der Waals surface area contributed by atoms with Crippen LogP contribution in [0.2, 0.25) is 5.02 Å². The molecule has 1 aromatic carbocycles. The summed E-state index contributed by atoms with van der Waals surface area (Å²) in [5, 5.41) is -0.0131. The van der Waals surface area contributed by atoms with E-state index in [0.29, 0.717) is 0 Å². The Morgan fingerprint density at radius 2 is 1.95 bits per heavy atom. The molecule has 2 rings (SSSR count). The third kappa shape index (κ3) is 3.58. The van der Waals surface area contributed by atoms with Gasteiger partial charge in [-0.15, -0.1) is 0 Å². The van der Waals surface area contributed by atoms with Crippen molar-refractivity contribution in [3.8, 4) is 0 Å². The SMILES string of the molecule is O=C(Cc1ccc(F)cc1Cl)c1cnccc1C(F)(F)F. The summed E-state index contributed by atoms with van der Waals surface area (Å²) in [5.74, 6) is -1.38. The lowest BCUT2D eigenvalue weighted by Gasteiger charge is -2.11. The number of ketones is 1. The van der Waals surface area contributed by atoms with E-state index in [1.165, 1.54) is 6.07 Å². The monoisotopic (exact) mass is 317 g/mol. The van der Waals surface area contributed by atoms with Crippen molar-refractivity contribution >= 4 is 17.4 Å². The minimum absolute atomic E-state index is 0.0131. The molecule has 2 nitrogen and oxygen atoms in total. The number of halogens is 5. The van der Waals surface area contributed by atoms with Crippen molar-refractivity contribution in [2.75, 3.05) is 0 Å². The number of rotatable bonds is 3. The number of alkyl halides is 3. The van der Waals surface area contributed by atoms with Crippen LogP contribution in [-0.4, -0.2) is 10.8 Å². The molecule has 0 fully saturated rings. The Hall–Kier alpha value is -1.95. The van der Waals surface area contributed by atoms with Crippen LogP contribution in [0.1, 0.15) is 21.5 Å². The molecule has 0 bridgehead atoms. The molecule has 0 radical (unpaired) electrons. The van der Waals surface area contributed by atoms with Crippen molar-refractivity contribution in [3.05, 3.63) is 64.2 Å². The van der Waals surface area contributed by atoms with Crippen molar-refractivity contribution < 1.29 is 22.4 Å². The minimum atomic E-state index is -4.65. The summed E-state index contributed by atoms with van der Waals surface area (Å²) in [6, 6.07) is 4.08. The summed E-state index contributed by atoms with van der Waals surface area (Å²) in [6.07, 6.45) is -3.19. The minimum Gasteiger partial charge on any atom is -0.294 e. The number of carbonyl (C=O) groups excluding carboxylic acids is 1. The van der Waals surface area contributed by atoms with E-state index in [0.717, 1.165) is 30.6 Å². The lowest BCUT2D eigenvalue weighted by Crippen LogP contribution is -2.15. The normalized spacial score (nSPS) is 11.5. The molecule has 0 atom stereocenters. The van der Waals surface area contributed by atoms with E-state index in [1.807, 2.05) is 0 Å². The predicted octanol–water partition coefficient (Wildman–Crippen LogP) is 4.32. The number of nitrogens with zero attached hydrogens (tertiary/aromatic N) is 1. The molecule has 1 heterocycles. The molecule has 21 heavy (non-hydrogen) atoms. The van der Waals surface area contributed by atoms with E-state index in [4.69, 9.17) is 11.6 Å². The van der Waals surface area contributed by atoms with Crippen LogP contribution in [-0.2, 0) is 12.6 Å². The Morgan fingerprint density at radius 1 is 1.24 bits per heavy atom. The third-order valence-corrected chi connectivity index (χ3v) is 3.14. The first-order chi connectivity index (χ1) is 9.79. The van der Waals surface area contributed by atoms with Gasteiger partial charge < -0.3 is 0 Å². The van der Waals surface area contributed by atoms with E-state index in [1.54, 1.807) is 0 Å². The summed E-state index contributed by atoms with van der Waals surface area (Å²) in [6.45, 7) is 0. The zero-order valence-electron chi connectivity index (χ0n) is 10.4. The molecule has 0 aliphatic carbocycles. The van der Waals surface area contributed by atoms with Crippen molar-refractivity contribution in [1.82, 2.24) is 4.98 Å². The van der Waals surface area contributed by atoms with E-state index >= 15 is 0 Å². The van der Waals surface area contributed by atoms with Crippen LogP contribution in [0.3, 0.4) is 0 Å². The van der Waals surface area contributed by atoms with Crippen LogP contribution in [0, 0.1) is 5.82 Å². The number of pyridine rings is 1. The zero-order valence-corrected chi connectivity index (χ0v) is 11.2. The molecule has 0 amide bonds. The molecule has 0 N–H and O–H groups in total. The molecule has 2 aromatic rings. The van der Waals surface area contributed by atoms with Gasteiger partial charge in [0.25, 0.3) is 0 Å². The smallest absolute Gasteiger partial charge is 0.294 e. The highest BCUT2D eigenvalue weighted by Gasteiger charge is 2.35. The van der Waals surface area contributed by atoms with Gasteiger partial charge in [-0.05, 0) is 23.8 Å². The fourth-order valence-corrected chi connectivity index (χ4v) is 2.03. The van der Waals surface area contributed by atoms with Gasteiger partial charge in [-0.1, -0.05) is 17.7 Å². The molecular weight excluding hydrogens is 310 g/mol. The van der Waals surface area contributed by atoms with Crippen LogP contribution in [0.25, 0.3) is 0 Å². The molecule has 0 spiro atoms. The van der Waals surface area contributed by atoms with Gasteiger partial charge in [-0.25, -0.2) is 4.39 Å². The highest BCUT2D eigenvalue weighted by atomic mass is 35.5. The topological polar surface area (TPSA) is 30.0 Å². The molecule has 110 valence electrons. The number of carbonyl (C=O) groups is 1. The first-order valence-electron chi connectivity index (χ1n) is 5.77. The Balaban J connectivity index is 2.33. The zero-order chi connectivity index (χ0) is 15.6. The summed E-state index contributed by atoms with van der Waals surface area (Å²) >= 11 is 5.76. The predicted molar refractivity (Wildman–Crippen MR) is 68.7 cm³/mol. The van der Waals surface area contributed by atoms with Crippen LogP contribution in [0.5, 0.6) is 0 Å². The standard InChI is InChI=1S/C14H8ClF4NO/c15-12-6-9(16)2-1-8(12)5-13(21)10-7-20-4-3-11(10)14(17,18)19/h1-4,6-7H,5H2. The van der Waals surface area contributed by atoms with Crippen molar-refractivity contribution in [2.45, 2.75) is 12.6 Å².